The number of benzene rings is 1. The first-order chi connectivity index (χ1) is 13.7. The maximum Gasteiger partial charge on any atom is 0.229 e. The molecule has 0 unspecified atom stereocenters. The lowest BCUT2D eigenvalue weighted by Crippen LogP contribution is -2.33. The largest absolute Gasteiger partial charge is 0.395 e. The molecular formula is C23H31N3O2. The van der Waals surface area contributed by atoms with Crippen molar-refractivity contribution < 1.29 is 9.90 Å². The predicted octanol–water partition coefficient (Wildman–Crippen LogP) is 3.24. The molecule has 1 aliphatic heterocycles. The third kappa shape index (κ3) is 5.18. The molecule has 0 saturated carbocycles. The van der Waals surface area contributed by atoms with Gasteiger partial charge >= 0.3 is 0 Å². The Morgan fingerprint density at radius 1 is 1.25 bits per heavy atom. The molecule has 1 aromatic carbocycles. The van der Waals surface area contributed by atoms with Crippen LogP contribution in [0.3, 0.4) is 0 Å². The molecule has 1 aromatic heterocycles. The minimum absolute atomic E-state index is 0.0322. The van der Waals surface area contributed by atoms with Crippen molar-refractivity contribution >= 4 is 5.91 Å². The smallest absolute Gasteiger partial charge is 0.229 e. The van der Waals surface area contributed by atoms with Crippen molar-refractivity contribution in [1.29, 1.82) is 0 Å². The summed E-state index contributed by atoms with van der Waals surface area (Å²) in [5.41, 5.74) is 3.18. The molecule has 1 saturated heterocycles. The van der Waals surface area contributed by atoms with Crippen LogP contribution in [0.2, 0.25) is 0 Å². The number of nitrogens with zero attached hydrogens (tertiary/aromatic N) is 2. The van der Waals surface area contributed by atoms with Crippen LogP contribution >= 0.6 is 0 Å². The Morgan fingerprint density at radius 2 is 2.04 bits per heavy atom. The van der Waals surface area contributed by atoms with Crippen LogP contribution in [0.1, 0.15) is 55.3 Å². The Morgan fingerprint density at radius 3 is 2.75 bits per heavy atom. The second-order valence-corrected chi connectivity index (χ2v) is 7.53. The van der Waals surface area contributed by atoms with Gasteiger partial charge in [-0.1, -0.05) is 43.7 Å². The zero-order valence-corrected chi connectivity index (χ0v) is 16.7. The van der Waals surface area contributed by atoms with E-state index in [0.29, 0.717) is 6.54 Å². The van der Waals surface area contributed by atoms with Gasteiger partial charge in [-0.25, -0.2) is 0 Å². The van der Waals surface area contributed by atoms with E-state index in [1.54, 1.807) is 6.20 Å². The number of aliphatic hydroxyl groups excluding tert-OH is 1. The first kappa shape index (κ1) is 20.5. The standard InChI is InChI=1S/C23H31N3O2/c1-2-8-21(22-12-5-6-13-24-22)23(28)25-15-18-9-3-4-10-19(18)16-26-14-7-11-20(26)17-27/h3-6,9-10,12-13,20-21,27H,2,7-8,11,14-17H2,1H3,(H,25,28)/t20-,21-/m1/s1. The van der Waals surface area contributed by atoms with Crippen molar-refractivity contribution in [3.63, 3.8) is 0 Å². The minimum atomic E-state index is -0.212. The van der Waals surface area contributed by atoms with Crippen LogP contribution in [0, 0.1) is 0 Å². The van der Waals surface area contributed by atoms with Crippen molar-refractivity contribution in [2.75, 3.05) is 13.2 Å². The molecule has 0 spiro atoms. The van der Waals surface area contributed by atoms with Crippen LogP contribution < -0.4 is 5.32 Å². The van der Waals surface area contributed by atoms with Gasteiger partial charge in [0.2, 0.25) is 5.91 Å². The summed E-state index contributed by atoms with van der Waals surface area (Å²) >= 11 is 0. The number of likely N-dealkylation sites (tertiary alicyclic amines) is 1. The van der Waals surface area contributed by atoms with Gasteiger partial charge in [0.25, 0.3) is 0 Å². The average Bonchev–Trinajstić information content (AvgIpc) is 3.19. The van der Waals surface area contributed by atoms with E-state index in [9.17, 15) is 9.90 Å². The van der Waals surface area contributed by atoms with Gasteiger partial charge in [0, 0.05) is 25.3 Å². The Bertz CT molecular complexity index is 751. The van der Waals surface area contributed by atoms with E-state index >= 15 is 0 Å². The summed E-state index contributed by atoms with van der Waals surface area (Å²) in [4.78, 5) is 19.6. The normalized spacial score (nSPS) is 18.1. The van der Waals surface area contributed by atoms with Crippen molar-refractivity contribution in [3.05, 3.63) is 65.5 Å². The molecule has 2 N–H and O–H groups in total. The number of pyridine rings is 1. The van der Waals surface area contributed by atoms with Gasteiger partial charge in [-0.05, 0) is 49.1 Å². The third-order valence-electron chi connectivity index (χ3n) is 5.59. The first-order valence-electron chi connectivity index (χ1n) is 10.3. The Labute approximate surface area is 167 Å². The van der Waals surface area contributed by atoms with Crippen LogP contribution in [-0.2, 0) is 17.9 Å². The molecular weight excluding hydrogens is 350 g/mol. The number of aliphatic hydroxyl groups is 1. The number of rotatable bonds is 9. The zero-order chi connectivity index (χ0) is 19.8. The second-order valence-electron chi connectivity index (χ2n) is 7.53. The lowest BCUT2D eigenvalue weighted by atomic mass is 9.97. The SMILES string of the molecule is CCC[C@@H](C(=O)NCc1ccccc1CN1CCC[C@@H]1CO)c1ccccn1. The molecule has 5 nitrogen and oxygen atoms in total. The summed E-state index contributed by atoms with van der Waals surface area (Å²) in [5.74, 6) is -0.180. The van der Waals surface area contributed by atoms with Gasteiger partial charge in [0.15, 0.2) is 0 Å². The molecule has 28 heavy (non-hydrogen) atoms. The third-order valence-corrected chi connectivity index (χ3v) is 5.59. The van der Waals surface area contributed by atoms with E-state index in [1.807, 2.05) is 30.3 Å². The van der Waals surface area contributed by atoms with E-state index in [0.717, 1.165) is 50.0 Å². The fraction of sp³-hybridized carbons (Fsp3) is 0.478. The average molecular weight is 382 g/mol. The fourth-order valence-electron chi connectivity index (χ4n) is 4.00. The number of hydrogen-bond donors (Lipinski definition) is 2. The van der Waals surface area contributed by atoms with Gasteiger partial charge in [-0.15, -0.1) is 0 Å². The highest BCUT2D eigenvalue weighted by molar-refractivity contribution is 5.83. The van der Waals surface area contributed by atoms with Gasteiger partial charge in [-0.2, -0.15) is 0 Å². The van der Waals surface area contributed by atoms with Crippen molar-refractivity contribution in [3.8, 4) is 0 Å². The van der Waals surface area contributed by atoms with Crippen molar-refractivity contribution in [1.82, 2.24) is 15.2 Å². The van der Waals surface area contributed by atoms with Crippen LogP contribution in [0.15, 0.2) is 48.7 Å². The molecule has 150 valence electrons. The summed E-state index contributed by atoms with van der Waals surface area (Å²) in [6, 6.07) is 14.2. The van der Waals surface area contributed by atoms with E-state index < -0.39 is 0 Å². The van der Waals surface area contributed by atoms with E-state index in [-0.39, 0.29) is 24.5 Å². The van der Waals surface area contributed by atoms with Crippen molar-refractivity contribution in [2.24, 2.45) is 0 Å². The summed E-state index contributed by atoms with van der Waals surface area (Å²) in [6.45, 7) is 4.65. The summed E-state index contributed by atoms with van der Waals surface area (Å²) < 4.78 is 0. The number of amides is 1. The Hall–Kier alpha value is -2.24. The van der Waals surface area contributed by atoms with Crippen LogP contribution in [0.5, 0.6) is 0 Å². The zero-order valence-electron chi connectivity index (χ0n) is 16.7. The van der Waals surface area contributed by atoms with Gasteiger partial charge in [0.1, 0.15) is 0 Å². The highest BCUT2D eigenvalue weighted by atomic mass is 16.3. The minimum Gasteiger partial charge on any atom is -0.395 e. The van der Waals surface area contributed by atoms with E-state index in [2.05, 4.69) is 34.3 Å². The monoisotopic (exact) mass is 381 g/mol. The first-order valence-corrected chi connectivity index (χ1v) is 10.3. The summed E-state index contributed by atoms with van der Waals surface area (Å²) in [6.07, 6.45) is 5.65. The number of carbonyl (C=O) groups is 1. The lowest BCUT2D eigenvalue weighted by Gasteiger charge is -2.24. The number of hydrogen-bond acceptors (Lipinski definition) is 4. The molecule has 1 fully saturated rings. The lowest BCUT2D eigenvalue weighted by molar-refractivity contribution is -0.123. The predicted molar refractivity (Wildman–Crippen MR) is 111 cm³/mol. The van der Waals surface area contributed by atoms with Gasteiger partial charge in [0.05, 0.1) is 18.2 Å². The Kier molecular flexibility index (Phi) is 7.57. The molecule has 5 heteroatoms. The van der Waals surface area contributed by atoms with Crippen molar-refractivity contribution in [2.45, 2.75) is 57.7 Å². The topological polar surface area (TPSA) is 65.5 Å². The Balaban J connectivity index is 1.66. The fourth-order valence-corrected chi connectivity index (χ4v) is 4.00. The van der Waals surface area contributed by atoms with Crippen LogP contribution in [-0.4, -0.2) is 40.1 Å². The number of aromatic nitrogens is 1. The molecule has 0 bridgehead atoms. The van der Waals surface area contributed by atoms with E-state index in [4.69, 9.17) is 0 Å². The van der Waals surface area contributed by atoms with Crippen LogP contribution in [0.25, 0.3) is 0 Å². The summed E-state index contributed by atoms with van der Waals surface area (Å²) in [5, 5.41) is 12.7. The van der Waals surface area contributed by atoms with Gasteiger partial charge in [-0.3, -0.25) is 14.7 Å². The molecule has 2 heterocycles. The highest BCUT2D eigenvalue weighted by Crippen LogP contribution is 2.22. The molecule has 0 radical (unpaired) electrons. The van der Waals surface area contributed by atoms with Gasteiger partial charge < -0.3 is 10.4 Å². The number of carbonyl (C=O) groups excluding carboxylic acids is 1. The number of nitrogens with one attached hydrogen (secondary N) is 1. The highest BCUT2D eigenvalue weighted by Gasteiger charge is 2.25. The molecule has 2 atom stereocenters. The molecule has 0 aliphatic carbocycles. The van der Waals surface area contributed by atoms with Crippen LogP contribution in [0.4, 0.5) is 0 Å². The second kappa shape index (κ2) is 10.3. The molecule has 3 rings (SSSR count). The maximum atomic E-state index is 12.9. The molecule has 1 amide bonds. The molecule has 2 aromatic rings. The van der Waals surface area contributed by atoms with E-state index in [1.165, 1.54) is 5.56 Å². The maximum absolute atomic E-state index is 12.9. The summed E-state index contributed by atoms with van der Waals surface area (Å²) in [7, 11) is 0. The molecule has 1 aliphatic rings. The quantitative estimate of drug-likeness (QED) is 0.700.